The van der Waals surface area contributed by atoms with Gasteiger partial charge in [-0.05, 0) is 12.1 Å². The van der Waals surface area contributed by atoms with Crippen molar-refractivity contribution in [2.75, 3.05) is 34.4 Å². The van der Waals surface area contributed by atoms with Gasteiger partial charge in [0.1, 0.15) is 0 Å². The molecule has 0 bridgehead atoms. The summed E-state index contributed by atoms with van der Waals surface area (Å²) in [6.07, 6.45) is 0. The van der Waals surface area contributed by atoms with Crippen molar-refractivity contribution in [2.45, 2.75) is 0 Å². The monoisotopic (exact) mass is 631 g/mol. The molecule has 156 valence electrons. The van der Waals surface area contributed by atoms with Crippen LogP contribution in [0.3, 0.4) is 0 Å². The molecule has 0 spiro atoms. The minimum Gasteiger partial charge on any atom is -0.545 e. The number of hydrogen-bond acceptors (Lipinski definition) is 10. The van der Waals surface area contributed by atoms with Gasteiger partial charge >= 0.3 is 21.1 Å². The summed E-state index contributed by atoms with van der Waals surface area (Å²) in [5.74, 6) is -2.88. The van der Waals surface area contributed by atoms with Gasteiger partial charge in [-0.15, -0.1) is 12.4 Å². The van der Waals surface area contributed by atoms with Crippen molar-refractivity contribution in [3.05, 3.63) is 33.3 Å². The first-order valence-electron chi connectivity index (χ1n) is 6.58. The molecule has 0 saturated carbocycles. The van der Waals surface area contributed by atoms with E-state index in [1.54, 1.807) is 0 Å². The van der Waals surface area contributed by atoms with E-state index in [-0.39, 0.29) is 88.8 Å². The minimum absolute atomic E-state index is 0. The summed E-state index contributed by atoms with van der Waals surface area (Å²) in [5, 5.41) is 20.7. The van der Waals surface area contributed by atoms with Crippen LogP contribution in [0.2, 0.25) is 10.0 Å². The molecule has 0 unspecified atom stereocenters. The quantitative estimate of drug-likeness (QED) is 0.228. The third-order valence-electron chi connectivity index (χ3n) is 3.19. The number of hydrogen-bond donors (Lipinski definition) is 6. The van der Waals surface area contributed by atoms with E-state index in [4.69, 9.17) is 57.6 Å². The fourth-order valence-corrected chi connectivity index (χ4v) is 2.19. The molecule has 2 aromatic rings. The number of carboxylic acids is 2. The molecule has 0 amide bonds. The molecule has 0 heterocycles. The smallest absolute Gasteiger partial charge is 0.545 e. The van der Waals surface area contributed by atoms with Crippen LogP contribution in [-0.4, -0.2) is 11.9 Å². The Morgan fingerprint density at radius 3 is 1.14 bits per heavy atom. The maximum atomic E-state index is 10.5. The summed E-state index contributed by atoms with van der Waals surface area (Å²) in [6.45, 7) is 0. The van der Waals surface area contributed by atoms with Gasteiger partial charge in [-0.3, -0.25) is 0 Å². The topological polar surface area (TPSA) is 236 Å². The van der Waals surface area contributed by atoms with Gasteiger partial charge in [0.2, 0.25) is 0 Å². The number of benzene rings is 2. The first-order valence-corrected chi connectivity index (χ1v) is 7.34. The molecule has 0 aliphatic carbocycles. The van der Waals surface area contributed by atoms with Crippen LogP contribution in [0.4, 0.5) is 34.1 Å². The summed E-state index contributed by atoms with van der Waals surface area (Å²) in [5.41, 5.74) is 32.0. The van der Waals surface area contributed by atoms with Crippen molar-refractivity contribution in [2.24, 2.45) is 0 Å². The van der Waals surface area contributed by atoms with Crippen LogP contribution in [-0.2, 0) is 21.1 Å². The summed E-state index contributed by atoms with van der Waals surface area (Å²) < 4.78 is 0. The van der Waals surface area contributed by atoms with Gasteiger partial charge in [0.25, 0.3) is 0 Å². The van der Waals surface area contributed by atoms with E-state index in [2.05, 4.69) is 0 Å². The van der Waals surface area contributed by atoms with Gasteiger partial charge < -0.3 is 54.2 Å². The Hall–Kier alpha value is -2.26. The fraction of sp³-hybridized carbons (Fsp3) is 0. The molecule has 0 saturated heterocycles. The second kappa shape index (κ2) is 10.9. The molecule has 0 atom stereocenters. The van der Waals surface area contributed by atoms with E-state index >= 15 is 0 Å². The van der Waals surface area contributed by atoms with Gasteiger partial charge in [0, 0.05) is 11.1 Å². The number of carboxylic acid groups (broad SMARTS) is 2. The Bertz CT molecular complexity index is 840. The maximum Gasteiger partial charge on any atom is 2.00 e. The van der Waals surface area contributed by atoms with Crippen molar-refractivity contribution >= 4 is 81.7 Å². The largest absolute Gasteiger partial charge is 2.00 e. The summed E-state index contributed by atoms with van der Waals surface area (Å²) in [7, 11) is 0. The van der Waals surface area contributed by atoms with E-state index in [9.17, 15) is 19.8 Å². The van der Waals surface area contributed by atoms with Crippen LogP contribution in [0.5, 0.6) is 0 Å². The molecule has 0 aliphatic rings. The van der Waals surface area contributed by atoms with Gasteiger partial charge in [-0.25, -0.2) is 0 Å². The van der Waals surface area contributed by atoms with E-state index in [0.29, 0.717) is 0 Å². The third-order valence-corrected chi connectivity index (χ3v) is 4.00. The predicted octanol–water partition coefficient (Wildman–Crippen LogP) is -0.681. The summed E-state index contributed by atoms with van der Waals surface area (Å²) in [6, 6.07) is 2.23. The average molecular weight is 633 g/mol. The molecule has 14 heteroatoms. The first kappa shape index (κ1) is 28.0. The normalized spacial score (nSPS) is 9.21. The van der Waals surface area contributed by atoms with E-state index in [1.165, 1.54) is 0 Å². The van der Waals surface area contributed by atoms with Crippen LogP contribution in [0.15, 0.2) is 12.1 Å². The van der Waals surface area contributed by atoms with Gasteiger partial charge in [-0.1, -0.05) is 23.2 Å². The maximum absolute atomic E-state index is 10.5. The van der Waals surface area contributed by atoms with Gasteiger partial charge in [0.15, 0.2) is 0 Å². The molecule has 0 fully saturated rings. The number of nitrogens with two attached hydrogens (primary N) is 6. The first-order chi connectivity index (χ1) is 11.9. The molecule has 0 radical (unpaired) electrons. The Morgan fingerprint density at radius 1 is 0.679 bits per heavy atom. The second-order valence-electron chi connectivity index (χ2n) is 4.88. The van der Waals surface area contributed by atoms with Crippen LogP contribution in [0.1, 0.15) is 20.7 Å². The van der Waals surface area contributed by atoms with Gasteiger partial charge in [0.05, 0.1) is 56.1 Å². The van der Waals surface area contributed by atoms with Crippen molar-refractivity contribution in [3.8, 4) is 0 Å². The zero-order valence-corrected chi connectivity index (χ0v) is 18.3. The molecule has 10 nitrogen and oxygen atoms in total. The van der Waals surface area contributed by atoms with Crippen LogP contribution >= 0.6 is 35.6 Å². The molecule has 12 N–H and O–H groups in total. The third kappa shape index (κ3) is 5.87. The van der Waals surface area contributed by atoms with Crippen molar-refractivity contribution < 1.29 is 40.9 Å². The fourth-order valence-electron chi connectivity index (χ4n) is 1.73. The Balaban J connectivity index is 0. The molecule has 2 rings (SSSR count). The molecule has 28 heavy (non-hydrogen) atoms. The second-order valence-corrected chi connectivity index (χ2v) is 5.64. The Morgan fingerprint density at radius 2 is 0.929 bits per heavy atom. The van der Waals surface area contributed by atoms with Gasteiger partial charge in [-0.2, -0.15) is 0 Å². The SMILES string of the molecule is Cl.Nc1cc(C(=O)[O-])c(Cl)c(N)c1N.Nc1cc(C(=O)[O-])c(Cl)c(N)c1N.[Pt+2]. The zero-order valence-electron chi connectivity index (χ0n) is 13.7. The number of halogens is 3. The number of anilines is 6. The summed E-state index contributed by atoms with van der Waals surface area (Å²) >= 11 is 11.2. The van der Waals surface area contributed by atoms with Crippen molar-refractivity contribution in [1.29, 1.82) is 0 Å². The minimum atomic E-state index is -1.44. The van der Waals surface area contributed by atoms with E-state index in [1.807, 2.05) is 0 Å². The molecular formula is C14H15Cl3N6O4Pt. The molecular weight excluding hydrogens is 618 g/mol. The average Bonchev–Trinajstić information content (AvgIpc) is 2.57. The number of aromatic carboxylic acids is 2. The van der Waals surface area contributed by atoms with Crippen LogP contribution < -0.4 is 44.6 Å². The summed E-state index contributed by atoms with van der Waals surface area (Å²) in [4.78, 5) is 21.0. The number of rotatable bonds is 2. The van der Waals surface area contributed by atoms with E-state index < -0.39 is 11.9 Å². The molecule has 0 aromatic heterocycles. The zero-order chi connectivity index (χ0) is 20.3. The molecule has 2 aromatic carbocycles. The van der Waals surface area contributed by atoms with Crippen molar-refractivity contribution in [1.82, 2.24) is 0 Å². The predicted molar refractivity (Wildman–Crippen MR) is 105 cm³/mol. The number of carbonyl (C=O) groups is 2. The van der Waals surface area contributed by atoms with Crippen LogP contribution in [0.25, 0.3) is 0 Å². The van der Waals surface area contributed by atoms with E-state index in [0.717, 1.165) is 12.1 Å². The number of nitrogen functional groups attached to an aromatic ring is 6. The van der Waals surface area contributed by atoms with Crippen molar-refractivity contribution in [3.63, 3.8) is 0 Å². The van der Waals surface area contributed by atoms with Crippen LogP contribution in [0, 0.1) is 0 Å². The Labute approximate surface area is 189 Å². The standard InChI is InChI=1S/2C7H8ClN3O2.ClH.Pt/c2*8-4-2(7(12)13)1-3(9)5(10)6(4)11;;/h2*1H,9-11H2,(H,12,13);1H;/q;;;+2/p-2. The molecule has 0 aliphatic heterocycles. The number of carbonyl (C=O) groups excluding carboxylic acids is 2. The Kier molecular flexibility index (Phi) is 10.9.